The van der Waals surface area contributed by atoms with E-state index in [0.29, 0.717) is 0 Å². The van der Waals surface area contributed by atoms with Gasteiger partial charge < -0.3 is 4.90 Å². The van der Waals surface area contributed by atoms with Crippen LogP contribution in [0, 0.1) is 0 Å². The van der Waals surface area contributed by atoms with Crippen molar-refractivity contribution in [3.63, 3.8) is 0 Å². The molecule has 0 heterocycles. The van der Waals surface area contributed by atoms with E-state index >= 15 is 0 Å². The van der Waals surface area contributed by atoms with Crippen LogP contribution >= 0.6 is 0 Å². The zero-order chi connectivity index (χ0) is 55.6. The lowest BCUT2D eigenvalue weighted by molar-refractivity contribution is 0.585. The fourth-order valence-electron chi connectivity index (χ4n) is 14.5. The summed E-state index contributed by atoms with van der Waals surface area (Å²) in [4.78, 5) is 2.51. The van der Waals surface area contributed by atoms with Crippen LogP contribution in [0.2, 0.25) is 0 Å². The lowest BCUT2D eigenvalue weighted by Crippen LogP contribution is -2.30. The Hall–Kier alpha value is -8.78. The molecule has 3 aliphatic carbocycles. The molecule has 0 fully saturated rings. The summed E-state index contributed by atoms with van der Waals surface area (Å²) in [5, 5.41) is 0. The Morgan fingerprint density at radius 2 is 0.753 bits per heavy atom. The van der Waals surface area contributed by atoms with Crippen LogP contribution in [0.5, 0.6) is 0 Å². The summed E-state index contributed by atoms with van der Waals surface area (Å²) < 4.78 is 0. The smallest absolute Gasteiger partial charge is 0.0714 e. The van der Waals surface area contributed by atoms with Crippen LogP contribution in [0.25, 0.3) is 55.6 Å². The van der Waals surface area contributed by atoms with Gasteiger partial charge in [0, 0.05) is 27.9 Å². The number of anilines is 3. The number of rotatable bonds is 8. The monoisotopic (exact) mass is 1040 g/mol. The Morgan fingerprint density at radius 1 is 0.284 bits per heavy atom. The molecule has 0 aromatic heterocycles. The molecule has 0 bridgehead atoms. The van der Waals surface area contributed by atoms with Gasteiger partial charge in [0.2, 0.25) is 0 Å². The lowest BCUT2D eigenvalue weighted by atomic mass is 9.66. The Bertz CT molecular complexity index is 4230. The van der Waals surface area contributed by atoms with Gasteiger partial charge in [0.15, 0.2) is 0 Å². The molecule has 1 heteroatoms. The van der Waals surface area contributed by atoms with Gasteiger partial charge in [-0.2, -0.15) is 0 Å². The van der Waals surface area contributed by atoms with E-state index < -0.39 is 5.41 Å². The molecule has 0 N–H and O–H groups in total. The Labute approximate surface area is 480 Å². The second-order valence-corrected chi connectivity index (χ2v) is 25.8. The highest BCUT2D eigenvalue weighted by atomic mass is 15.1. The minimum Gasteiger partial charge on any atom is -0.310 e. The SMILES string of the molecule is CC(C)(C)c1cccc(C2(c3cccc(C(C)(C)C)c3)c3ccccc3-c3ccc(N(c4ccc(-c5ccc6c(c5)C(C)(c5ccccc5)c5ccccc5-6)cc4)c4cccc(-c5cccc6c5C(C)(C)c5ccccc5-6)c4)cc32)c1. The number of nitrogens with zero attached hydrogens (tertiary/aromatic N) is 1. The summed E-state index contributed by atoms with van der Waals surface area (Å²) in [6.07, 6.45) is 0. The van der Waals surface area contributed by atoms with Gasteiger partial charge in [-0.05, 0) is 177 Å². The van der Waals surface area contributed by atoms with Crippen molar-refractivity contribution in [3.05, 3.63) is 316 Å². The Balaban J connectivity index is 0.973. The van der Waals surface area contributed by atoms with Gasteiger partial charge in [-0.1, -0.05) is 268 Å². The lowest BCUT2D eigenvalue weighted by Gasteiger charge is -2.36. The average molecular weight is 1040 g/mol. The molecule has 0 aliphatic heterocycles. The molecule has 14 rings (SSSR count). The van der Waals surface area contributed by atoms with Gasteiger partial charge in [-0.3, -0.25) is 0 Å². The number of fused-ring (bicyclic) bond motifs is 9. The highest BCUT2D eigenvalue weighted by Gasteiger charge is 2.48. The predicted octanol–water partition coefficient (Wildman–Crippen LogP) is 21.1. The maximum absolute atomic E-state index is 2.53. The molecule has 0 saturated carbocycles. The van der Waals surface area contributed by atoms with E-state index in [2.05, 4.69) is 322 Å². The van der Waals surface area contributed by atoms with Crippen LogP contribution in [0.1, 0.15) is 124 Å². The topological polar surface area (TPSA) is 3.24 Å². The second-order valence-electron chi connectivity index (χ2n) is 25.8. The number of hydrogen-bond acceptors (Lipinski definition) is 1. The largest absolute Gasteiger partial charge is 0.310 e. The Morgan fingerprint density at radius 3 is 1.42 bits per heavy atom. The number of hydrogen-bond donors (Lipinski definition) is 0. The quantitative estimate of drug-likeness (QED) is 0.147. The summed E-state index contributed by atoms with van der Waals surface area (Å²) in [7, 11) is 0. The predicted molar refractivity (Wildman–Crippen MR) is 342 cm³/mol. The van der Waals surface area contributed by atoms with Crippen molar-refractivity contribution < 1.29 is 0 Å². The van der Waals surface area contributed by atoms with Gasteiger partial charge in [-0.25, -0.2) is 0 Å². The third kappa shape index (κ3) is 7.72. The molecular formula is C80H69N. The molecule has 11 aromatic carbocycles. The van der Waals surface area contributed by atoms with E-state index in [0.717, 1.165) is 17.1 Å². The van der Waals surface area contributed by atoms with Gasteiger partial charge in [0.25, 0.3) is 0 Å². The maximum Gasteiger partial charge on any atom is 0.0714 e. The molecule has 0 radical (unpaired) electrons. The van der Waals surface area contributed by atoms with Crippen LogP contribution in [0.15, 0.2) is 255 Å². The van der Waals surface area contributed by atoms with Gasteiger partial charge in [-0.15, -0.1) is 0 Å². The normalized spacial score (nSPS) is 16.0. The Kier molecular flexibility index (Phi) is 11.4. The minimum absolute atomic E-state index is 0.0511. The summed E-state index contributed by atoms with van der Waals surface area (Å²) >= 11 is 0. The van der Waals surface area contributed by atoms with Crippen LogP contribution in [0.4, 0.5) is 17.1 Å². The highest BCUT2D eigenvalue weighted by molar-refractivity contribution is 5.93. The average Bonchev–Trinajstić information content (AvgIpc) is 4.26. The summed E-state index contributed by atoms with van der Waals surface area (Å²) in [5.41, 5.74) is 29.4. The van der Waals surface area contributed by atoms with E-state index in [4.69, 9.17) is 0 Å². The molecule has 0 saturated heterocycles. The molecular weight excluding hydrogens is 975 g/mol. The second kappa shape index (κ2) is 18.4. The van der Waals surface area contributed by atoms with Gasteiger partial charge in [0.1, 0.15) is 0 Å². The first-order valence-corrected chi connectivity index (χ1v) is 29.1. The first-order chi connectivity index (χ1) is 39.1. The molecule has 3 aliphatic rings. The van der Waals surface area contributed by atoms with Crippen LogP contribution in [0.3, 0.4) is 0 Å². The van der Waals surface area contributed by atoms with Gasteiger partial charge >= 0.3 is 0 Å². The van der Waals surface area contributed by atoms with Crippen molar-refractivity contribution in [2.24, 2.45) is 0 Å². The first-order valence-electron chi connectivity index (χ1n) is 29.1. The minimum atomic E-state index is -0.617. The van der Waals surface area contributed by atoms with Gasteiger partial charge in [0.05, 0.1) is 5.41 Å². The van der Waals surface area contributed by atoms with Crippen molar-refractivity contribution in [1.29, 1.82) is 0 Å². The van der Waals surface area contributed by atoms with E-state index in [-0.39, 0.29) is 21.7 Å². The van der Waals surface area contributed by atoms with E-state index in [9.17, 15) is 0 Å². The molecule has 1 nitrogen and oxygen atoms in total. The third-order valence-corrected chi connectivity index (χ3v) is 18.7. The molecule has 11 aromatic rings. The molecule has 0 amide bonds. The van der Waals surface area contributed by atoms with Crippen molar-refractivity contribution in [1.82, 2.24) is 0 Å². The van der Waals surface area contributed by atoms with E-state index in [1.165, 1.54) is 117 Å². The maximum atomic E-state index is 2.53. The summed E-state index contributed by atoms with van der Waals surface area (Å²) in [6, 6.07) is 97.1. The zero-order valence-corrected chi connectivity index (χ0v) is 48.2. The first kappa shape index (κ1) is 50.4. The fraction of sp³-hybridized carbons (Fsp3) is 0.175. The van der Waals surface area contributed by atoms with Crippen molar-refractivity contribution in [3.8, 4) is 55.6 Å². The number of benzene rings is 11. The molecule has 0 spiro atoms. The van der Waals surface area contributed by atoms with Crippen molar-refractivity contribution in [2.45, 2.75) is 89.4 Å². The van der Waals surface area contributed by atoms with Crippen LogP contribution in [-0.2, 0) is 27.1 Å². The standard InChI is InChI=1S/C80H69N/c1-76(2,3)56-26-20-28-58(49-56)80(59-29-21-27-57(50-59)77(4,5)6)72-38-18-15-32-65(72)68-46-44-62(51-74(68)80)81(61-30-19-23-54(47-61)63-34-22-35-69-66-33-13-16-36-70(66)78(7,8)75(63)69)60-42-39-52(40-43-60)53-41-45-67-64-31-14-17-37-71(64)79(9,73(67)48-53)55-24-11-10-12-25-55/h10-51H,1-9H3. The van der Waals surface area contributed by atoms with Crippen LogP contribution in [-0.4, -0.2) is 0 Å². The van der Waals surface area contributed by atoms with Crippen LogP contribution < -0.4 is 4.90 Å². The molecule has 1 atom stereocenters. The van der Waals surface area contributed by atoms with Crippen molar-refractivity contribution in [2.75, 3.05) is 4.90 Å². The molecule has 394 valence electrons. The summed E-state index contributed by atoms with van der Waals surface area (Å²) in [6.45, 7) is 21.2. The highest BCUT2D eigenvalue weighted by Crippen LogP contribution is 2.59. The van der Waals surface area contributed by atoms with E-state index in [1.54, 1.807) is 0 Å². The third-order valence-electron chi connectivity index (χ3n) is 18.7. The molecule has 81 heavy (non-hydrogen) atoms. The zero-order valence-electron chi connectivity index (χ0n) is 48.2. The fourth-order valence-corrected chi connectivity index (χ4v) is 14.5. The van der Waals surface area contributed by atoms with Crippen molar-refractivity contribution >= 4 is 17.1 Å². The molecule has 1 unspecified atom stereocenters. The summed E-state index contributed by atoms with van der Waals surface area (Å²) in [5.74, 6) is 0. The van der Waals surface area contributed by atoms with E-state index in [1.807, 2.05) is 0 Å².